The van der Waals surface area contributed by atoms with Crippen LogP contribution >= 0.6 is 0 Å². The summed E-state index contributed by atoms with van der Waals surface area (Å²) in [5, 5.41) is 12.8. The lowest BCUT2D eigenvalue weighted by Gasteiger charge is -2.26. The Morgan fingerprint density at radius 1 is 1.18 bits per heavy atom. The molecule has 2 aromatic rings. The van der Waals surface area contributed by atoms with Crippen molar-refractivity contribution >= 4 is 17.5 Å². The monoisotopic (exact) mass is 382 g/mol. The molecule has 1 fully saturated rings. The first kappa shape index (κ1) is 19.9. The number of amides is 2. The molecule has 0 saturated carbocycles. The number of carbonyl (C=O) groups excluding carboxylic acids is 2. The molecule has 0 radical (unpaired) electrons. The minimum atomic E-state index is -0.130. The van der Waals surface area contributed by atoms with Crippen molar-refractivity contribution in [1.82, 2.24) is 4.90 Å². The topological polar surface area (TPSA) is 78.9 Å². The number of ether oxygens (including phenoxy) is 1. The number of benzene rings is 2. The van der Waals surface area contributed by atoms with Crippen LogP contribution < -0.4 is 5.32 Å². The number of para-hydroxylation sites is 1. The summed E-state index contributed by atoms with van der Waals surface area (Å²) in [5.74, 6) is 0.0348. The predicted octanol–water partition coefficient (Wildman–Crippen LogP) is 3.10. The van der Waals surface area contributed by atoms with Crippen LogP contribution in [-0.2, 0) is 27.3 Å². The van der Waals surface area contributed by atoms with Crippen LogP contribution in [0.5, 0.6) is 5.75 Å². The normalized spacial score (nSPS) is 16.0. The smallest absolute Gasteiger partial charge is 0.227 e. The number of hydrogen-bond acceptors (Lipinski definition) is 4. The van der Waals surface area contributed by atoms with E-state index in [1.807, 2.05) is 24.3 Å². The highest BCUT2D eigenvalue weighted by Crippen LogP contribution is 2.21. The first-order valence-corrected chi connectivity index (χ1v) is 9.54. The van der Waals surface area contributed by atoms with Gasteiger partial charge in [0.15, 0.2) is 0 Å². The van der Waals surface area contributed by atoms with Crippen LogP contribution in [0.2, 0.25) is 0 Å². The molecule has 1 atom stereocenters. The Bertz CT molecular complexity index is 814. The van der Waals surface area contributed by atoms with Crippen molar-refractivity contribution in [3.05, 3.63) is 59.7 Å². The molecule has 2 N–H and O–H groups in total. The largest absolute Gasteiger partial charge is 0.508 e. The number of anilines is 1. The molecule has 148 valence electrons. The van der Waals surface area contributed by atoms with E-state index >= 15 is 0 Å². The van der Waals surface area contributed by atoms with E-state index in [4.69, 9.17) is 4.74 Å². The molecule has 3 rings (SSSR count). The van der Waals surface area contributed by atoms with Gasteiger partial charge in [-0.25, -0.2) is 0 Å². The van der Waals surface area contributed by atoms with Gasteiger partial charge in [0.05, 0.1) is 12.5 Å². The zero-order valence-corrected chi connectivity index (χ0v) is 16.1. The summed E-state index contributed by atoms with van der Waals surface area (Å²) >= 11 is 0. The van der Waals surface area contributed by atoms with E-state index < -0.39 is 0 Å². The second-order valence-corrected chi connectivity index (χ2v) is 7.09. The van der Waals surface area contributed by atoms with Crippen molar-refractivity contribution in [3.8, 4) is 5.75 Å². The number of rotatable bonds is 7. The van der Waals surface area contributed by atoms with Gasteiger partial charge in [-0.15, -0.1) is 0 Å². The Labute approximate surface area is 165 Å². The molecule has 6 heteroatoms. The lowest BCUT2D eigenvalue weighted by atomic mass is 10.1. The molecule has 0 spiro atoms. The van der Waals surface area contributed by atoms with E-state index in [1.54, 1.807) is 29.2 Å². The van der Waals surface area contributed by atoms with Crippen molar-refractivity contribution in [2.24, 2.45) is 0 Å². The standard InChI is InChI=1S/C22H26N2O4/c1-16(25)23-19-10-8-17(9-11-19)13-22(27)24(15-20-6-4-12-28-20)14-18-5-2-3-7-21(18)26/h2-3,5,7-11,20,26H,4,6,12-15H2,1H3,(H,23,25). The van der Waals surface area contributed by atoms with Gasteiger partial charge >= 0.3 is 0 Å². The molecule has 2 amide bonds. The SMILES string of the molecule is CC(=O)Nc1ccc(CC(=O)N(Cc2ccccc2O)CC2CCCO2)cc1. The summed E-state index contributed by atoms with van der Waals surface area (Å²) in [4.78, 5) is 25.9. The van der Waals surface area contributed by atoms with E-state index in [0.717, 1.165) is 30.6 Å². The van der Waals surface area contributed by atoms with Gasteiger partial charge in [-0.05, 0) is 36.6 Å². The summed E-state index contributed by atoms with van der Waals surface area (Å²) in [7, 11) is 0. The fourth-order valence-corrected chi connectivity index (χ4v) is 3.33. The maximum atomic E-state index is 13.0. The van der Waals surface area contributed by atoms with Gasteiger partial charge in [-0.1, -0.05) is 30.3 Å². The Morgan fingerprint density at radius 2 is 1.93 bits per heavy atom. The molecule has 1 saturated heterocycles. The third-order valence-corrected chi connectivity index (χ3v) is 4.78. The van der Waals surface area contributed by atoms with Crippen LogP contribution in [0.3, 0.4) is 0 Å². The van der Waals surface area contributed by atoms with Crippen molar-refractivity contribution in [1.29, 1.82) is 0 Å². The maximum Gasteiger partial charge on any atom is 0.227 e. The van der Waals surface area contributed by atoms with Gasteiger partial charge in [0.2, 0.25) is 11.8 Å². The summed E-state index contributed by atoms with van der Waals surface area (Å²) in [5.41, 5.74) is 2.29. The third kappa shape index (κ3) is 5.57. The predicted molar refractivity (Wildman–Crippen MR) is 107 cm³/mol. The number of carbonyl (C=O) groups is 2. The van der Waals surface area contributed by atoms with Gasteiger partial charge in [0.25, 0.3) is 0 Å². The number of nitrogens with zero attached hydrogens (tertiary/aromatic N) is 1. The number of nitrogens with one attached hydrogen (secondary N) is 1. The van der Waals surface area contributed by atoms with E-state index in [1.165, 1.54) is 6.92 Å². The zero-order valence-electron chi connectivity index (χ0n) is 16.1. The number of phenols is 1. The van der Waals surface area contributed by atoms with E-state index in [9.17, 15) is 14.7 Å². The second kappa shape index (κ2) is 9.37. The summed E-state index contributed by atoms with van der Waals surface area (Å²) in [6.45, 7) is 3.04. The maximum absolute atomic E-state index is 13.0. The molecule has 0 bridgehead atoms. The van der Waals surface area contributed by atoms with Crippen LogP contribution in [0, 0.1) is 0 Å². The summed E-state index contributed by atoms with van der Waals surface area (Å²) in [6, 6.07) is 14.3. The first-order chi connectivity index (χ1) is 13.5. The fourth-order valence-electron chi connectivity index (χ4n) is 3.33. The minimum Gasteiger partial charge on any atom is -0.508 e. The molecular formula is C22H26N2O4. The third-order valence-electron chi connectivity index (χ3n) is 4.78. The quantitative estimate of drug-likeness (QED) is 0.771. The highest BCUT2D eigenvalue weighted by atomic mass is 16.5. The van der Waals surface area contributed by atoms with Gasteiger partial charge in [-0.3, -0.25) is 9.59 Å². The summed E-state index contributed by atoms with van der Waals surface area (Å²) in [6.07, 6.45) is 2.24. The van der Waals surface area contributed by atoms with Gasteiger partial charge in [0, 0.05) is 37.9 Å². The van der Waals surface area contributed by atoms with Gasteiger partial charge < -0.3 is 20.1 Å². The van der Waals surface area contributed by atoms with Crippen LogP contribution in [0.1, 0.15) is 30.9 Å². The molecule has 2 aromatic carbocycles. The highest BCUT2D eigenvalue weighted by Gasteiger charge is 2.23. The van der Waals surface area contributed by atoms with Crippen LogP contribution in [0.15, 0.2) is 48.5 Å². The lowest BCUT2D eigenvalue weighted by molar-refractivity contribution is -0.132. The molecule has 28 heavy (non-hydrogen) atoms. The van der Waals surface area contributed by atoms with E-state index in [0.29, 0.717) is 18.8 Å². The fraction of sp³-hybridized carbons (Fsp3) is 0.364. The van der Waals surface area contributed by atoms with Crippen molar-refractivity contribution < 1.29 is 19.4 Å². The van der Waals surface area contributed by atoms with E-state index in [-0.39, 0.29) is 30.1 Å². The average Bonchev–Trinajstić information content (AvgIpc) is 3.17. The highest BCUT2D eigenvalue weighted by molar-refractivity contribution is 5.88. The van der Waals surface area contributed by atoms with Gasteiger partial charge in [0.1, 0.15) is 5.75 Å². The molecule has 1 heterocycles. The molecule has 1 aliphatic heterocycles. The minimum absolute atomic E-state index is 0.0222. The van der Waals surface area contributed by atoms with Gasteiger partial charge in [-0.2, -0.15) is 0 Å². The van der Waals surface area contributed by atoms with Crippen LogP contribution in [0.25, 0.3) is 0 Å². The Hall–Kier alpha value is -2.86. The lowest BCUT2D eigenvalue weighted by Crippen LogP contribution is -2.37. The first-order valence-electron chi connectivity index (χ1n) is 9.54. The molecule has 0 aromatic heterocycles. The number of phenolic OH excluding ortho intramolecular Hbond substituents is 1. The van der Waals surface area contributed by atoms with Crippen molar-refractivity contribution in [2.75, 3.05) is 18.5 Å². The van der Waals surface area contributed by atoms with Crippen molar-refractivity contribution in [2.45, 2.75) is 38.8 Å². The van der Waals surface area contributed by atoms with Crippen LogP contribution in [0.4, 0.5) is 5.69 Å². The Morgan fingerprint density at radius 3 is 2.57 bits per heavy atom. The Kier molecular flexibility index (Phi) is 6.66. The molecule has 1 aliphatic rings. The van der Waals surface area contributed by atoms with Crippen LogP contribution in [-0.4, -0.2) is 41.1 Å². The molecule has 1 unspecified atom stereocenters. The average molecular weight is 382 g/mol. The number of aromatic hydroxyl groups is 1. The van der Waals surface area contributed by atoms with Crippen molar-refractivity contribution in [3.63, 3.8) is 0 Å². The Balaban J connectivity index is 1.70. The second-order valence-electron chi connectivity index (χ2n) is 7.09. The molecular weight excluding hydrogens is 356 g/mol. The molecule has 6 nitrogen and oxygen atoms in total. The zero-order chi connectivity index (χ0) is 19.9. The summed E-state index contributed by atoms with van der Waals surface area (Å²) < 4.78 is 5.71. The number of hydrogen-bond donors (Lipinski definition) is 2. The van der Waals surface area contributed by atoms with E-state index in [2.05, 4.69) is 5.32 Å². The molecule has 0 aliphatic carbocycles.